The molecule has 0 fully saturated rings. The predicted molar refractivity (Wildman–Crippen MR) is 111 cm³/mol. The van der Waals surface area contributed by atoms with E-state index < -0.39 is 10.0 Å². The van der Waals surface area contributed by atoms with E-state index in [1.165, 1.54) is 7.05 Å². The van der Waals surface area contributed by atoms with Gasteiger partial charge in [0.05, 0.1) is 5.75 Å². The minimum absolute atomic E-state index is 0.0239. The molecule has 8 heteroatoms. The van der Waals surface area contributed by atoms with Gasteiger partial charge < -0.3 is 10.6 Å². The third kappa shape index (κ3) is 7.58. The fourth-order valence-electron chi connectivity index (χ4n) is 2.47. The molecule has 0 aliphatic carbocycles. The molecule has 0 bridgehead atoms. The molecule has 0 amide bonds. The van der Waals surface area contributed by atoms with Gasteiger partial charge in [0.1, 0.15) is 0 Å². The quantitative estimate of drug-likeness (QED) is 0.462. The minimum Gasteiger partial charge on any atom is -0.356 e. The van der Waals surface area contributed by atoms with E-state index in [9.17, 15) is 8.42 Å². The van der Waals surface area contributed by atoms with Crippen molar-refractivity contribution in [2.24, 2.45) is 4.99 Å². The topological polar surface area (TPSA) is 82.6 Å². The Kier molecular flexibility index (Phi) is 8.09. The molecule has 0 saturated carbocycles. The van der Waals surface area contributed by atoms with Gasteiger partial charge in [-0.1, -0.05) is 48.0 Å². The maximum atomic E-state index is 11.6. The van der Waals surface area contributed by atoms with Crippen LogP contribution in [0, 0.1) is 0 Å². The number of aliphatic imine (C=N–C) groups is 1. The van der Waals surface area contributed by atoms with E-state index in [2.05, 4.69) is 20.3 Å². The second-order valence-electron chi connectivity index (χ2n) is 6.01. The lowest BCUT2D eigenvalue weighted by Crippen LogP contribution is -2.37. The molecule has 0 radical (unpaired) electrons. The van der Waals surface area contributed by atoms with Crippen molar-refractivity contribution in [3.05, 3.63) is 70.2 Å². The Balaban J connectivity index is 1.80. The third-order valence-corrected chi connectivity index (χ3v) is 5.54. The summed E-state index contributed by atoms with van der Waals surface area (Å²) in [6.45, 7) is 1.33. The van der Waals surface area contributed by atoms with Crippen molar-refractivity contribution in [1.29, 1.82) is 0 Å². The first-order chi connectivity index (χ1) is 12.9. The van der Waals surface area contributed by atoms with Crippen LogP contribution >= 0.6 is 11.6 Å². The van der Waals surface area contributed by atoms with Crippen molar-refractivity contribution in [3.8, 4) is 0 Å². The number of rotatable bonds is 8. The second-order valence-corrected chi connectivity index (χ2v) is 8.38. The summed E-state index contributed by atoms with van der Waals surface area (Å²) < 4.78 is 25.5. The molecular weight excluding hydrogens is 384 g/mol. The number of hydrogen-bond donors (Lipinski definition) is 3. The Morgan fingerprint density at radius 2 is 1.74 bits per heavy atom. The van der Waals surface area contributed by atoms with E-state index in [-0.39, 0.29) is 5.75 Å². The van der Waals surface area contributed by atoms with Crippen molar-refractivity contribution in [2.75, 3.05) is 20.6 Å². The highest BCUT2D eigenvalue weighted by molar-refractivity contribution is 7.88. The van der Waals surface area contributed by atoms with Gasteiger partial charge in [-0.15, -0.1) is 0 Å². The maximum Gasteiger partial charge on any atom is 0.215 e. The Morgan fingerprint density at radius 3 is 2.37 bits per heavy atom. The van der Waals surface area contributed by atoms with Gasteiger partial charge in [-0.05, 0) is 42.3 Å². The summed E-state index contributed by atoms with van der Waals surface area (Å²) in [6.07, 6.45) is 0.843. The zero-order valence-electron chi connectivity index (χ0n) is 15.5. The fourth-order valence-corrected chi connectivity index (χ4v) is 3.46. The Morgan fingerprint density at radius 1 is 1.04 bits per heavy atom. The summed E-state index contributed by atoms with van der Waals surface area (Å²) in [5.41, 5.74) is 2.95. The SMILES string of the molecule is CN=C(NCCc1cccc(Cl)c1)NCc1ccc(CS(=O)(=O)NC)cc1. The predicted octanol–water partition coefficient (Wildman–Crippen LogP) is 2.30. The largest absolute Gasteiger partial charge is 0.356 e. The zero-order valence-corrected chi connectivity index (χ0v) is 17.1. The number of guanidine groups is 1. The summed E-state index contributed by atoms with van der Waals surface area (Å²) in [4.78, 5) is 4.21. The van der Waals surface area contributed by atoms with Crippen molar-refractivity contribution in [1.82, 2.24) is 15.4 Å². The first-order valence-corrected chi connectivity index (χ1v) is 10.6. The van der Waals surface area contributed by atoms with Crippen molar-refractivity contribution in [3.63, 3.8) is 0 Å². The van der Waals surface area contributed by atoms with Gasteiger partial charge in [0.25, 0.3) is 0 Å². The van der Waals surface area contributed by atoms with Crippen molar-refractivity contribution >= 4 is 27.6 Å². The smallest absolute Gasteiger partial charge is 0.215 e. The molecule has 2 rings (SSSR count). The normalized spacial score (nSPS) is 12.0. The Hall–Kier alpha value is -2.09. The van der Waals surface area contributed by atoms with Gasteiger partial charge in [-0.2, -0.15) is 0 Å². The summed E-state index contributed by atoms with van der Waals surface area (Å²) in [5.74, 6) is 0.683. The van der Waals surface area contributed by atoms with Crippen LogP contribution in [0.4, 0.5) is 0 Å². The van der Waals surface area contributed by atoms with Crippen LogP contribution in [0.2, 0.25) is 5.02 Å². The van der Waals surface area contributed by atoms with Crippen molar-refractivity contribution < 1.29 is 8.42 Å². The van der Waals surface area contributed by atoms with Gasteiger partial charge in [0.2, 0.25) is 10.0 Å². The van der Waals surface area contributed by atoms with Crippen LogP contribution < -0.4 is 15.4 Å². The van der Waals surface area contributed by atoms with Crippen LogP contribution in [0.1, 0.15) is 16.7 Å². The summed E-state index contributed by atoms with van der Waals surface area (Å²) in [5, 5.41) is 7.25. The Labute approximate surface area is 166 Å². The summed E-state index contributed by atoms with van der Waals surface area (Å²) in [7, 11) is -0.116. The summed E-state index contributed by atoms with van der Waals surface area (Å²) in [6, 6.07) is 15.3. The molecule has 0 aliphatic heterocycles. The van der Waals surface area contributed by atoms with Gasteiger partial charge in [0.15, 0.2) is 5.96 Å². The maximum absolute atomic E-state index is 11.6. The van der Waals surface area contributed by atoms with Gasteiger partial charge in [-0.25, -0.2) is 13.1 Å². The average Bonchev–Trinajstić information content (AvgIpc) is 2.65. The van der Waals surface area contributed by atoms with E-state index in [4.69, 9.17) is 11.6 Å². The van der Waals surface area contributed by atoms with Crippen LogP contribution in [0.5, 0.6) is 0 Å². The van der Waals surface area contributed by atoms with E-state index in [0.717, 1.165) is 34.7 Å². The molecule has 146 valence electrons. The van der Waals surface area contributed by atoms with E-state index in [0.29, 0.717) is 12.5 Å². The average molecular weight is 409 g/mol. The molecule has 0 saturated heterocycles. The molecule has 6 nitrogen and oxygen atoms in total. The number of hydrogen-bond acceptors (Lipinski definition) is 3. The number of sulfonamides is 1. The standard InChI is InChI=1S/C19H25ClN4O2S/c1-21-19(23-11-10-15-4-3-5-18(20)12-15)24-13-16-6-8-17(9-7-16)14-27(25,26)22-2/h3-9,12,22H,10-11,13-14H2,1-2H3,(H2,21,23,24). The number of halogens is 1. The van der Waals surface area contributed by atoms with E-state index in [1.807, 2.05) is 48.5 Å². The first-order valence-electron chi connectivity index (χ1n) is 8.60. The van der Waals surface area contributed by atoms with Crippen LogP contribution in [-0.2, 0) is 28.7 Å². The molecule has 2 aromatic carbocycles. The van der Waals surface area contributed by atoms with E-state index >= 15 is 0 Å². The molecule has 0 atom stereocenters. The molecule has 27 heavy (non-hydrogen) atoms. The highest BCUT2D eigenvalue weighted by atomic mass is 35.5. The lowest BCUT2D eigenvalue weighted by molar-refractivity contribution is 0.587. The van der Waals surface area contributed by atoms with Crippen LogP contribution in [0.3, 0.4) is 0 Å². The Bertz CT molecular complexity index is 868. The lowest BCUT2D eigenvalue weighted by Gasteiger charge is -2.12. The van der Waals surface area contributed by atoms with Crippen LogP contribution in [-0.4, -0.2) is 35.0 Å². The first kappa shape index (κ1) is 21.2. The van der Waals surface area contributed by atoms with Crippen molar-refractivity contribution in [2.45, 2.75) is 18.7 Å². The molecule has 0 spiro atoms. The molecule has 0 heterocycles. The molecule has 0 unspecified atom stereocenters. The number of nitrogens with one attached hydrogen (secondary N) is 3. The second kappa shape index (κ2) is 10.3. The van der Waals surface area contributed by atoms with E-state index in [1.54, 1.807) is 7.05 Å². The zero-order chi connectivity index (χ0) is 19.7. The highest BCUT2D eigenvalue weighted by Crippen LogP contribution is 2.10. The van der Waals surface area contributed by atoms with Gasteiger partial charge >= 0.3 is 0 Å². The molecular formula is C19H25ClN4O2S. The third-order valence-electron chi connectivity index (χ3n) is 3.97. The highest BCUT2D eigenvalue weighted by Gasteiger charge is 2.08. The minimum atomic E-state index is -3.25. The number of nitrogens with zero attached hydrogens (tertiary/aromatic N) is 1. The lowest BCUT2D eigenvalue weighted by atomic mass is 10.1. The monoisotopic (exact) mass is 408 g/mol. The summed E-state index contributed by atoms with van der Waals surface area (Å²) >= 11 is 5.99. The van der Waals surface area contributed by atoms with Crippen LogP contribution in [0.25, 0.3) is 0 Å². The fraction of sp³-hybridized carbons (Fsp3) is 0.316. The number of benzene rings is 2. The van der Waals surface area contributed by atoms with Gasteiger partial charge in [0, 0.05) is 25.2 Å². The van der Waals surface area contributed by atoms with Gasteiger partial charge in [-0.3, -0.25) is 4.99 Å². The molecule has 0 aliphatic rings. The molecule has 0 aromatic heterocycles. The molecule has 2 aromatic rings. The van der Waals surface area contributed by atoms with Crippen LogP contribution in [0.15, 0.2) is 53.5 Å². The molecule has 3 N–H and O–H groups in total.